The van der Waals surface area contributed by atoms with Crippen molar-refractivity contribution in [3.05, 3.63) is 43.4 Å². The van der Waals surface area contributed by atoms with Crippen molar-refractivity contribution in [1.82, 2.24) is 0 Å². The normalized spacial score (nSPS) is 6.25. The molecule has 5 heteroatoms. The van der Waals surface area contributed by atoms with Gasteiger partial charge in [-0.25, -0.2) is 4.57 Å². The molecule has 0 amide bonds. The van der Waals surface area contributed by atoms with Gasteiger partial charge < -0.3 is 10.6 Å². The van der Waals surface area contributed by atoms with Crippen molar-refractivity contribution in [2.75, 3.05) is 0 Å². The van der Waals surface area contributed by atoms with Gasteiger partial charge in [0.15, 0.2) is 0 Å². The van der Waals surface area contributed by atoms with Gasteiger partial charge in [0.25, 0.3) is 0 Å². The number of hydrogen-bond donors (Lipinski definition) is 2. The summed E-state index contributed by atoms with van der Waals surface area (Å²) in [6.07, 6.45) is 0. The van der Waals surface area contributed by atoms with E-state index in [1.807, 2.05) is 30.3 Å². The van der Waals surface area contributed by atoms with E-state index in [4.69, 9.17) is 9.46 Å². The monoisotopic (exact) mass is 235 g/mol. The Kier molecular flexibility index (Phi) is 33.3. The summed E-state index contributed by atoms with van der Waals surface area (Å²) in [4.78, 5) is 6.99. The molecule has 1 aromatic carbocycles. The molecule has 1 rings (SSSR count). The molecule has 1 aromatic rings. The molecule has 0 fully saturated rings. The zero-order chi connectivity index (χ0) is 8.95. The van der Waals surface area contributed by atoms with Gasteiger partial charge in [-0.3, -0.25) is 7.05 Å². The summed E-state index contributed by atoms with van der Waals surface area (Å²) in [6.45, 7) is 0. The SMILES string of the molecule is O=PO.[CH2-]N.[Zn+2].[c-]1ccccc1. The molecule has 62 valence electrons. The topological polar surface area (TPSA) is 63.3 Å². The van der Waals surface area contributed by atoms with Crippen molar-refractivity contribution in [1.29, 1.82) is 0 Å². The summed E-state index contributed by atoms with van der Waals surface area (Å²) >= 11 is 0. The molecule has 3 N–H and O–H groups in total. The molecule has 12 heavy (non-hydrogen) atoms. The first-order valence-corrected chi connectivity index (χ1v) is 3.47. The minimum atomic E-state index is -0.833. The van der Waals surface area contributed by atoms with Gasteiger partial charge >= 0.3 is 28.2 Å². The second-order valence-electron chi connectivity index (χ2n) is 1.16. The molecule has 0 heterocycles. The molecule has 0 bridgehead atoms. The molecular weight excluding hydrogens is 226 g/mol. The van der Waals surface area contributed by atoms with Crippen LogP contribution in [-0.4, -0.2) is 4.89 Å². The molecule has 3 nitrogen and oxygen atoms in total. The van der Waals surface area contributed by atoms with Gasteiger partial charge in [-0.2, -0.15) is 36.4 Å². The smallest absolute Gasteiger partial charge is 0.486 e. The van der Waals surface area contributed by atoms with Crippen LogP contribution in [0, 0.1) is 13.1 Å². The zero-order valence-electron chi connectivity index (χ0n) is 6.68. The third kappa shape index (κ3) is 22.5. The van der Waals surface area contributed by atoms with E-state index in [9.17, 15) is 0 Å². The second-order valence-corrected chi connectivity index (χ2v) is 1.32. The molecule has 0 saturated carbocycles. The Labute approximate surface area is 87.0 Å². The van der Waals surface area contributed by atoms with Crippen LogP contribution in [0.3, 0.4) is 0 Å². The van der Waals surface area contributed by atoms with Crippen molar-refractivity contribution < 1.29 is 28.9 Å². The summed E-state index contributed by atoms with van der Waals surface area (Å²) < 4.78 is 8.46. The van der Waals surface area contributed by atoms with Crippen molar-refractivity contribution in [3.8, 4) is 0 Å². The fourth-order valence-electron chi connectivity index (χ4n) is 0.342. The van der Waals surface area contributed by atoms with E-state index >= 15 is 0 Å². The van der Waals surface area contributed by atoms with Crippen molar-refractivity contribution in [2.45, 2.75) is 0 Å². The average molecular weight is 237 g/mol. The molecule has 0 aliphatic rings. The molecule has 0 aliphatic heterocycles. The zero-order valence-corrected chi connectivity index (χ0v) is 10.5. The standard InChI is InChI=1S/C6H5.CH4N.HO2P.Zn/c1-2-4-6-5-3-1;1-2;1-3-2;/h1-5H;1-2H2;(H,1,2);/q2*-1;;+2. The molecule has 0 spiro atoms. The van der Waals surface area contributed by atoms with Crippen molar-refractivity contribution >= 4 is 8.69 Å². The number of nitrogens with two attached hydrogens (primary N) is 1. The van der Waals surface area contributed by atoms with E-state index in [-0.39, 0.29) is 19.5 Å². The Bertz CT molecular complexity index is 125. The molecule has 0 unspecified atom stereocenters. The van der Waals surface area contributed by atoms with Gasteiger partial charge in [0, 0.05) is 0 Å². The van der Waals surface area contributed by atoms with Gasteiger partial charge in [0.2, 0.25) is 0 Å². The predicted octanol–water partition coefficient (Wildman–Crippen LogP) is 1.41. The van der Waals surface area contributed by atoms with E-state index in [0.29, 0.717) is 0 Å². The first-order chi connectivity index (χ1) is 5.41. The van der Waals surface area contributed by atoms with Crippen LogP contribution in [0.4, 0.5) is 0 Å². The molecule has 0 atom stereocenters. The summed E-state index contributed by atoms with van der Waals surface area (Å²) in [7, 11) is 1.92. The molecular formula is C7H10NO2PZn. The Morgan fingerprint density at radius 1 is 1.25 bits per heavy atom. The Hall–Kier alpha value is -0.137. The maximum atomic E-state index is 8.46. The van der Waals surface area contributed by atoms with Crippen LogP contribution in [0.25, 0.3) is 0 Å². The summed E-state index contributed by atoms with van der Waals surface area (Å²) in [5, 5.41) is 0. The fraction of sp³-hybridized carbons (Fsp3) is 0. The summed E-state index contributed by atoms with van der Waals surface area (Å²) in [6, 6.07) is 12.5. The van der Waals surface area contributed by atoms with Gasteiger partial charge in [-0.1, -0.05) is 0 Å². The van der Waals surface area contributed by atoms with Crippen LogP contribution in [0.5, 0.6) is 0 Å². The van der Waals surface area contributed by atoms with E-state index in [1.165, 1.54) is 0 Å². The minimum absolute atomic E-state index is 0. The molecule has 0 aromatic heterocycles. The van der Waals surface area contributed by atoms with Crippen LogP contribution in [0.15, 0.2) is 30.3 Å². The Morgan fingerprint density at radius 2 is 1.58 bits per heavy atom. The molecule has 0 saturated heterocycles. The van der Waals surface area contributed by atoms with E-state index in [2.05, 4.69) is 18.8 Å². The Balaban J connectivity index is -0.000000119. The summed E-state index contributed by atoms with van der Waals surface area (Å²) in [5.41, 5.74) is 4.25. The van der Waals surface area contributed by atoms with Crippen LogP contribution in [0.2, 0.25) is 0 Å². The largest absolute Gasteiger partial charge is 2.00 e. The van der Waals surface area contributed by atoms with Crippen molar-refractivity contribution in [3.63, 3.8) is 0 Å². The van der Waals surface area contributed by atoms with Crippen LogP contribution in [0.1, 0.15) is 0 Å². The van der Waals surface area contributed by atoms with Crippen LogP contribution < -0.4 is 5.73 Å². The van der Waals surface area contributed by atoms with Gasteiger partial charge in [-0.05, 0) is 0 Å². The third-order valence-electron chi connectivity index (χ3n) is 0.607. The van der Waals surface area contributed by atoms with Gasteiger partial charge in [-0.15, -0.1) is 0 Å². The van der Waals surface area contributed by atoms with Gasteiger partial charge in [0.1, 0.15) is 0 Å². The fourth-order valence-corrected chi connectivity index (χ4v) is 0.342. The van der Waals surface area contributed by atoms with Crippen LogP contribution >= 0.6 is 8.69 Å². The molecule has 0 radical (unpaired) electrons. The molecule has 0 aliphatic carbocycles. The van der Waals surface area contributed by atoms with Crippen LogP contribution in [-0.2, 0) is 24.0 Å². The van der Waals surface area contributed by atoms with Crippen molar-refractivity contribution in [2.24, 2.45) is 5.73 Å². The van der Waals surface area contributed by atoms with E-state index in [0.717, 1.165) is 0 Å². The predicted molar refractivity (Wildman–Crippen MR) is 44.6 cm³/mol. The summed E-state index contributed by atoms with van der Waals surface area (Å²) in [5.74, 6) is 0. The van der Waals surface area contributed by atoms with E-state index in [1.54, 1.807) is 0 Å². The quantitative estimate of drug-likeness (QED) is 0.407. The third-order valence-corrected chi connectivity index (χ3v) is 0.607. The number of rotatable bonds is 0. The first-order valence-electron chi connectivity index (χ1n) is 2.70. The minimum Gasteiger partial charge on any atom is -0.486 e. The Morgan fingerprint density at radius 3 is 1.67 bits per heavy atom. The first kappa shape index (κ1) is 17.8. The average Bonchev–Trinajstić information content (AvgIpc) is 2.12. The maximum absolute atomic E-state index is 8.46. The number of benzene rings is 1. The number of hydrogen-bond acceptors (Lipinski definition) is 2. The maximum Gasteiger partial charge on any atom is 2.00 e. The second kappa shape index (κ2) is 22.4. The van der Waals surface area contributed by atoms with E-state index < -0.39 is 8.69 Å². The van der Waals surface area contributed by atoms with Gasteiger partial charge in [0.05, 0.1) is 0 Å².